The third-order valence-electron chi connectivity index (χ3n) is 2.14. The van der Waals surface area contributed by atoms with Crippen molar-refractivity contribution in [3.05, 3.63) is 0 Å². The fourth-order valence-corrected chi connectivity index (χ4v) is 1.70. The molecule has 1 aliphatic heterocycles. The number of nitrogens with zero attached hydrogens (tertiary/aromatic N) is 1. The molecule has 1 fully saturated rings. The molecule has 0 saturated carbocycles. The van der Waals surface area contributed by atoms with E-state index < -0.39 is 0 Å². The van der Waals surface area contributed by atoms with Crippen molar-refractivity contribution in [3.8, 4) is 0 Å². The minimum absolute atomic E-state index is 0.152. The summed E-state index contributed by atoms with van der Waals surface area (Å²) in [6.07, 6.45) is 0.594. The minimum atomic E-state index is 0.152. The van der Waals surface area contributed by atoms with Gasteiger partial charge >= 0.3 is 0 Å². The quantitative estimate of drug-likeness (QED) is 0.612. The first-order chi connectivity index (χ1) is 6.08. The highest BCUT2D eigenvalue weighted by molar-refractivity contribution is 5.76. The Hall–Kier alpha value is -0.610. The fourth-order valence-electron chi connectivity index (χ4n) is 1.70. The first kappa shape index (κ1) is 10.5. The van der Waals surface area contributed by atoms with Crippen LogP contribution < -0.4 is 11.1 Å². The van der Waals surface area contributed by atoms with Gasteiger partial charge in [0, 0.05) is 38.1 Å². The maximum absolute atomic E-state index is 11.2. The summed E-state index contributed by atoms with van der Waals surface area (Å²) in [5.41, 5.74) is 5.71. The molecule has 76 valence electrons. The summed E-state index contributed by atoms with van der Waals surface area (Å²) in [4.78, 5) is 13.4. The molecule has 1 saturated heterocycles. The van der Waals surface area contributed by atoms with Crippen molar-refractivity contribution in [1.29, 1.82) is 0 Å². The van der Waals surface area contributed by atoms with Gasteiger partial charge in [0.2, 0.25) is 5.91 Å². The van der Waals surface area contributed by atoms with Crippen LogP contribution >= 0.6 is 0 Å². The number of hydrogen-bond acceptors (Lipinski definition) is 3. The molecular formula is C9H19N3O. The van der Waals surface area contributed by atoms with Gasteiger partial charge in [-0.3, -0.25) is 9.69 Å². The monoisotopic (exact) mass is 185 g/mol. The molecule has 0 spiro atoms. The molecule has 0 aromatic rings. The molecule has 1 amide bonds. The third-order valence-corrected chi connectivity index (χ3v) is 2.14. The first-order valence-electron chi connectivity index (χ1n) is 4.85. The van der Waals surface area contributed by atoms with Crippen molar-refractivity contribution in [2.24, 2.45) is 5.73 Å². The van der Waals surface area contributed by atoms with Gasteiger partial charge in [-0.15, -0.1) is 0 Å². The van der Waals surface area contributed by atoms with E-state index in [0.29, 0.717) is 6.42 Å². The molecule has 3 N–H and O–H groups in total. The molecule has 0 aromatic carbocycles. The number of nitrogens with one attached hydrogen (secondary N) is 1. The number of rotatable bonds is 2. The van der Waals surface area contributed by atoms with E-state index in [4.69, 9.17) is 5.73 Å². The Bertz CT molecular complexity index is 182. The molecule has 4 nitrogen and oxygen atoms in total. The van der Waals surface area contributed by atoms with Gasteiger partial charge in [0.15, 0.2) is 0 Å². The van der Waals surface area contributed by atoms with Crippen molar-refractivity contribution in [2.75, 3.05) is 19.6 Å². The van der Waals surface area contributed by atoms with E-state index in [1.165, 1.54) is 0 Å². The van der Waals surface area contributed by atoms with Crippen LogP contribution in [0.25, 0.3) is 0 Å². The molecule has 1 rings (SSSR count). The van der Waals surface area contributed by atoms with Crippen LogP contribution in [0.4, 0.5) is 0 Å². The molecule has 0 radical (unpaired) electrons. The van der Waals surface area contributed by atoms with Crippen molar-refractivity contribution in [2.45, 2.75) is 32.4 Å². The largest absolute Gasteiger partial charge is 0.352 e. The predicted molar refractivity (Wildman–Crippen MR) is 52.3 cm³/mol. The molecule has 0 bridgehead atoms. The van der Waals surface area contributed by atoms with Crippen LogP contribution in [0.2, 0.25) is 0 Å². The average Bonchev–Trinajstić information content (AvgIpc) is 2.11. The zero-order valence-electron chi connectivity index (χ0n) is 8.42. The summed E-state index contributed by atoms with van der Waals surface area (Å²) in [6, 6.07) is 0.425. The summed E-state index contributed by atoms with van der Waals surface area (Å²) >= 11 is 0. The molecule has 1 heterocycles. The highest BCUT2D eigenvalue weighted by atomic mass is 16.1. The van der Waals surface area contributed by atoms with E-state index in [1.54, 1.807) is 0 Å². The second-order valence-electron chi connectivity index (χ2n) is 3.96. The highest BCUT2D eigenvalue weighted by Crippen LogP contribution is 2.01. The van der Waals surface area contributed by atoms with Gasteiger partial charge in [0.05, 0.1) is 0 Å². The SMILES string of the molecule is CC(N)CN1CCC(=O)NC(C)C1. The normalized spacial score (nSPS) is 27.9. The summed E-state index contributed by atoms with van der Waals surface area (Å²) < 4.78 is 0. The summed E-state index contributed by atoms with van der Waals surface area (Å²) in [5, 5.41) is 2.92. The maximum atomic E-state index is 11.2. The second-order valence-corrected chi connectivity index (χ2v) is 3.96. The van der Waals surface area contributed by atoms with Crippen LogP contribution in [0, 0.1) is 0 Å². The van der Waals surface area contributed by atoms with Crippen LogP contribution in [0.1, 0.15) is 20.3 Å². The van der Waals surface area contributed by atoms with E-state index >= 15 is 0 Å². The minimum Gasteiger partial charge on any atom is -0.352 e. The molecule has 13 heavy (non-hydrogen) atoms. The van der Waals surface area contributed by atoms with Crippen LogP contribution in [-0.4, -0.2) is 42.5 Å². The van der Waals surface area contributed by atoms with Crippen molar-refractivity contribution >= 4 is 5.91 Å². The van der Waals surface area contributed by atoms with Crippen molar-refractivity contribution in [1.82, 2.24) is 10.2 Å². The molecule has 0 aromatic heterocycles. The summed E-state index contributed by atoms with van der Waals surface area (Å²) in [5.74, 6) is 0.152. The van der Waals surface area contributed by atoms with Crippen LogP contribution in [-0.2, 0) is 4.79 Å². The molecule has 0 aliphatic carbocycles. The van der Waals surface area contributed by atoms with Gasteiger partial charge < -0.3 is 11.1 Å². The fraction of sp³-hybridized carbons (Fsp3) is 0.889. The standard InChI is InChI=1S/C9H19N3O/c1-7(10)5-12-4-3-9(13)11-8(2)6-12/h7-8H,3-6,10H2,1-2H3,(H,11,13). The lowest BCUT2D eigenvalue weighted by atomic mass is 10.2. The van der Waals surface area contributed by atoms with Gasteiger partial charge in [-0.25, -0.2) is 0 Å². The van der Waals surface area contributed by atoms with Crippen LogP contribution in [0.15, 0.2) is 0 Å². The molecule has 2 unspecified atom stereocenters. The molecule has 1 aliphatic rings. The number of carbonyl (C=O) groups is 1. The average molecular weight is 185 g/mol. The van der Waals surface area contributed by atoms with Crippen molar-refractivity contribution < 1.29 is 4.79 Å². The van der Waals surface area contributed by atoms with E-state index in [9.17, 15) is 4.79 Å². The number of amides is 1. The zero-order chi connectivity index (χ0) is 9.84. The topological polar surface area (TPSA) is 58.4 Å². The van der Waals surface area contributed by atoms with Crippen molar-refractivity contribution in [3.63, 3.8) is 0 Å². The summed E-state index contributed by atoms with van der Waals surface area (Å²) in [7, 11) is 0. The van der Waals surface area contributed by atoms with E-state index in [0.717, 1.165) is 19.6 Å². The lowest BCUT2D eigenvalue weighted by Crippen LogP contribution is -2.41. The Morgan fingerprint density at radius 1 is 1.77 bits per heavy atom. The highest BCUT2D eigenvalue weighted by Gasteiger charge is 2.18. The van der Waals surface area contributed by atoms with Gasteiger partial charge in [0.1, 0.15) is 0 Å². The molecular weight excluding hydrogens is 166 g/mol. The van der Waals surface area contributed by atoms with E-state index in [-0.39, 0.29) is 18.0 Å². The molecule has 2 atom stereocenters. The van der Waals surface area contributed by atoms with Gasteiger partial charge in [-0.1, -0.05) is 0 Å². The van der Waals surface area contributed by atoms with Gasteiger partial charge in [-0.2, -0.15) is 0 Å². The second kappa shape index (κ2) is 4.58. The van der Waals surface area contributed by atoms with E-state index in [2.05, 4.69) is 10.2 Å². The number of nitrogens with two attached hydrogens (primary N) is 1. The van der Waals surface area contributed by atoms with Crippen LogP contribution in [0.5, 0.6) is 0 Å². The Morgan fingerprint density at radius 2 is 2.46 bits per heavy atom. The third kappa shape index (κ3) is 3.74. The zero-order valence-corrected chi connectivity index (χ0v) is 8.42. The lowest BCUT2D eigenvalue weighted by Gasteiger charge is -2.23. The number of hydrogen-bond donors (Lipinski definition) is 2. The van der Waals surface area contributed by atoms with Gasteiger partial charge in [0.25, 0.3) is 0 Å². The maximum Gasteiger partial charge on any atom is 0.221 e. The smallest absolute Gasteiger partial charge is 0.221 e. The Labute approximate surface area is 79.5 Å². The number of carbonyl (C=O) groups excluding carboxylic acids is 1. The predicted octanol–water partition coefficient (Wildman–Crippen LogP) is -0.456. The Morgan fingerprint density at radius 3 is 3.08 bits per heavy atom. The Kier molecular flexibility index (Phi) is 3.69. The lowest BCUT2D eigenvalue weighted by molar-refractivity contribution is -0.121. The van der Waals surface area contributed by atoms with Crippen LogP contribution in [0.3, 0.4) is 0 Å². The van der Waals surface area contributed by atoms with Gasteiger partial charge in [-0.05, 0) is 13.8 Å². The Balaban J connectivity index is 2.43. The summed E-state index contributed by atoms with van der Waals surface area (Å²) in [6.45, 7) is 6.63. The molecule has 4 heteroatoms. The first-order valence-corrected chi connectivity index (χ1v) is 4.85. The van der Waals surface area contributed by atoms with E-state index in [1.807, 2.05) is 13.8 Å².